The van der Waals surface area contributed by atoms with Crippen molar-refractivity contribution < 1.29 is 14.3 Å². The smallest absolute Gasteiger partial charge is 0.267 e. The highest BCUT2D eigenvalue weighted by molar-refractivity contribution is 5.85. The van der Waals surface area contributed by atoms with Crippen molar-refractivity contribution in [3.8, 4) is 11.5 Å². The third-order valence-corrected chi connectivity index (χ3v) is 3.68. The van der Waals surface area contributed by atoms with Crippen LogP contribution in [0.15, 0.2) is 24.3 Å². The van der Waals surface area contributed by atoms with E-state index < -0.39 is 6.10 Å². The first-order valence-corrected chi connectivity index (χ1v) is 7.21. The number of benzene rings is 1. The Morgan fingerprint density at radius 1 is 1.27 bits per heavy atom. The third-order valence-electron chi connectivity index (χ3n) is 3.68. The third kappa shape index (κ3) is 4.05. The molecule has 0 saturated carbocycles. The number of hydrogen-bond donors (Lipinski definition) is 1. The minimum Gasteiger partial charge on any atom is -0.482 e. The molecule has 5 nitrogen and oxygen atoms in total. The van der Waals surface area contributed by atoms with Crippen LogP contribution in [-0.2, 0) is 4.79 Å². The maximum absolute atomic E-state index is 12.6. The summed E-state index contributed by atoms with van der Waals surface area (Å²) in [4.78, 5) is 14.3. The van der Waals surface area contributed by atoms with E-state index in [1.807, 2.05) is 45.0 Å². The number of halogens is 1. The Bertz CT molecular complexity index is 522. The minimum atomic E-state index is -0.626. The van der Waals surface area contributed by atoms with Gasteiger partial charge in [-0.2, -0.15) is 0 Å². The van der Waals surface area contributed by atoms with Crippen LogP contribution >= 0.6 is 12.4 Å². The summed E-state index contributed by atoms with van der Waals surface area (Å²) in [6.45, 7) is 7.02. The molecule has 0 aliphatic carbocycles. The highest BCUT2D eigenvalue weighted by Crippen LogP contribution is 2.34. The van der Waals surface area contributed by atoms with E-state index in [-0.39, 0.29) is 29.8 Å². The Morgan fingerprint density at radius 3 is 2.36 bits per heavy atom. The lowest BCUT2D eigenvalue weighted by Gasteiger charge is -2.35. The van der Waals surface area contributed by atoms with Crippen LogP contribution in [0.1, 0.15) is 20.8 Å². The van der Waals surface area contributed by atoms with Crippen LogP contribution in [0.25, 0.3) is 0 Å². The summed E-state index contributed by atoms with van der Waals surface area (Å²) in [5, 5.41) is 0. The average molecular weight is 329 g/mol. The number of fused-ring (bicyclic) bond motifs is 1. The number of rotatable bonds is 4. The molecule has 1 aromatic carbocycles. The van der Waals surface area contributed by atoms with Gasteiger partial charge in [0.25, 0.3) is 5.91 Å². The highest BCUT2D eigenvalue weighted by atomic mass is 35.5. The normalized spacial score (nSPS) is 20.0. The summed E-state index contributed by atoms with van der Waals surface area (Å²) in [7, 11) is 1.77. The largest absolute Gasteiger partial charge is 0.482 e. The summed E-state index contributed by atoms with van der Waals surface area (Å²) in [5.74, 6) is 1.21. The lowest BCUT2D eigenvalue weighted by molar-refractivity contribution is -0.144. The van der Waals surface area contributed by atoms with Gasteiger partial charge in [-0.05, 0) is 31.0 Å². The van der Waals surface area contributed by atoms with Crippen molar-refractivity contribution in [1.29, 1.82) is 0 Å². The molecule has 2 N–H and O–H groups in total. The molecule has 1 aromatic rings. The van der Waals surface area contributed by atoms with Crippen molar-refractivity contribution in [3.05, 3.63) is 24.3 Å². The number of ether oxygens (including phenoxy) is 2. The molecule has 0 spiro atoms. The van der Waals surface area contributed by atoms with E-state index in [2.05, 4.69) is 0 Å². The van der Waals surface area contributed by atoms with Crippen LogP contribution in [0.2, 0.25) is 0 Å². The number of hydrogen-bond acceptors (Lipinski definition) is 4. The zero-order valence-electron chi connectivity index (χ0n) is 13.5. The zero-order chi connectivity index (χ0) is 15.6. The van der Waals surface area contributed by atoms with Crippen molar-refractivity contribution in [1.82, 2.24) is 4.90 Å². The number of likely N-dealkylation sites (N-methyl/N-ethyl adjacent to an activating group) is 1. The summed E-state index contributed by atoms with van der Waals surface area (Å²) in [6, 6.07) is 7.40. The molecule has 0 aromatic heterocycles. The maximum Gasteiger partial charge on any atom is 0.267 e. The van der Waals surface area contributed by atoms with Gasteiger partial charge in [0.05, 0.1) is 0 Å². The number of amides is 1. The van der Waals surface area contributed by atoms with Gasteiger partial charge in [-0.1, -0.05) is 26.0 Å². The summed E-state index contributed by atoms with van der Waals surface area (Å²) >= 11 is 0. The Morgan fingerprint density at radius 2 is 1.82 bits per heavy atom. The van der Waals surface area contributed by atoms with Gasteiger partial charge in [-0.3, -0.25) is 4.79 Å². The second-order valence-electron chi connectivity index (χ2n) is 6.37. The fraction of sp³-hybridized carbons (Fsp3) is 0.562. The zero-order valence-corrected chi connectivity index (χ0v) is 14.4. The van der Waals surface area contributed by atoms with E-state index >= 15 is 0 Å². The first-order valence-electron chi connectivity index (χ1n) is 7.21. The van der Waals surface area contributed by atoms with Crippen molar-refractivity contribution in [3.63, 3.8) is 0 Å². The van der Waals surface area contributed by atoms with Gasteiger partial charge in [0.2, 0.25) is 6.10 Å². The second kappa shape index (κ2) is 7.20. The number of nitrogens with two attached hydrogens (primary N) is 1. The van der Waals surface area contributed by atoms with Crippen molar-refractivity contribution in [2.45, 2.75) is 33.0 Å². The minimum absolute atomic E-state index is 0. The van der Waals surface area contributed by atoms with Crippen LogP contribution in [-0.4, -0.2) is 43.2 Å². The molecule has 6 heteroatoms. The first-order chi connectivity index (χ1) is 9.84. The van der Waals surface area contributed by atoms with Crippen molar-refractivity contribution >= 4 is 18.3 Å². The lowest BCUT2D eigenvalue weighted by atomic mass is 9.93. The van der Waals surface area contributed by atoms with Crippen LogP contribution in [0, 0.1) is 5.41 Å². The van der Waals surface area contributed by atoms with E-state index in [4.69, 9.17) is 15.2 Å². The number of carbonyl (C=O) groups excluding carboxylic acids is 1. The average Bonchev–Trinajstić information content (AvgIpc) is 2.45. The van der Waals surface area contributed by atoms with E-state index in [0.29, 0.717) is 24.6 Å². The molecule has 0 bridgehead atoms. The van der Waals surface area contributed by atoms with E-state index in [9.17, 15) is 4.79 Å². The van der Waals surface area contributed by atoms with Crippen molar-refractivity contribution in [2.24, 2.45) is 11.1 Å². The maximum atomic E-state index is 12.6. The van der Waals surface area contributed by atoms with Crippen molar-refractivity contribution in [2.75, 3.05) is 20.1 Å². The van der Waals surface area contributed by atoms with E-state index in [1.165, 1.54) is 0 Å². The summed E-state index contributed by atoms with van der Waals surface area (Å²) in [6.07, 6.45) is -0.950. The SMILES string of the molecule is CC1Oc2ccccc2OC1C(=O)N(C)CC(C)(C)CN.Cl. The fourth-order valence-electron chi connectivity index (χ4n) is 2.39. The topological polar surface area (TPSA) is 64.8 Å². The molecular weight excluding hydrogens is 304 g/mol. The number of carbonyl (C=O) groups is 1. The molecule has 1 amide bonds. The number of nitrogens with zero attached hydrogens (tertiary/aromatic N) is 1. The summed E-state index contributed by atoms with van der Waals surface area (Å²) in [5.41, 5.74) is 5.61. The first kappa shape index (κ1) is 18.6. The second-order valence-corrected chi connectivity index (χ2v) is 6.37. The standard InChI is InChI=1S/C16H24N2O3.ClH/c1-11-14(15(19)18(4)10-16(2,3)9-17)21-13-8-6-5-7-12(13)20-11;/h5-8,11,14H,9-10,17H2,1-4H3;1H. The Hall–Kier alpha value is -1.46. The highest BCUT2D eigenvalue weighted by Gasteiger charge is 2.36. The molecule has 22 heavy (non-hydrogen) atoms. The molecular formula is C16H25ClN2O3. The van der Waals surface area contributed by atoms with Gasteiger partial charge >= 0.3 is 0 Å². The quantitative estimate of drug-likeness (QED) is 0.919. The molecule has 1 aliphatic heterocycles. The molecule has 2 atom stereocenters. The number of para-hydroxylation sites is 2. The van der Waals surface area contributed by atoms with Gasteiger partial charge < -0.3 is 20.1 Å². The fourth-order valence-corrected chi connectivity index (χ4v) is 2.39. The molecule has 0 radical (unpaired) electrons. The summed E-state index contributed by atoms with van der Waals surface area (Å²) < 4.78 is 11.6. The van der Waals surface area contributed by atoms with Gasteiger partial charge in [0.1, 0.15) is 6.10 Å². The van der Waals surface area contributed by atoms with Gasteiger partial charge in [0.15, 0.2) is 11.5 Å². The molecule has 2 rings (SSSR count). The Kier molecular flexibility index (Phi) is 6.08. The van der Waals surface area contributed by atoms with E-state index in [0.717, 1.165) is 0 Å². The van der Waals surface area contributed by atoms with Gasteiger partial charge in [-0.15, -0.1) is 12.4 Å². The van der Waals surface area contributed by atoms with E-state index in [1.54, 1.807) is 11.9 Å². The molecule has 0 saturated heterocycles. The lowest BCUT2D eigenvalue weighted by Crippen LogP contribution is -2.51. The van der Waals surface area contributed by atoms with Gasteiger partial charge in [0, 0.05) is 13.6 Å². The molecule has 1 heterocycles. The molecule has 1 aliphatic rings. The predicted octanol–water partition coefficient (Wildman–Crippen LogP) is 2.08. The van der Waals surface area contributed by atoms with Crippen LogP contribution in [0.3, 0.4) is 0 Å². The Labute approximate surface area is 138 Å². The molecule has 2 unspecified atom stereocenters. The van der Waals surface area contributed by atoms with Gasteiger partial charge in [-0.25, -0.2) is 0 Å². The Balaban J connectivity index is 0.00000242. The predicted molar refractivity (Wildman–Crippen MR) is 88.7 cm³/mol. The molecule has 0 fully saturated rings. The van der Waals surface area contributed by atoms with Crippen LogP contribution < -0.4 is 15.2 Å². The monoisotopic (exact) mass is 328 g/mol. The van der Waals surface area contributed by atoms with Crippen LogP contribution in [0.5, 0.6) is 11.5 Å². The van der Waals surface area contributed by atoms with Crippen LogP contribution in [0.4, 0.5) is 0 Å². The molecule has 124 valence electrons.